The second-order valence-corrected chi connectivity index (χ2v) is 6.23. The van der Waals surface area contributed by atoms with Gasteiger partial charge in [0.15, 0.2) is 0 Å². The molecule has 0 bridgehead atoms. The smallest absolute Gasteiger partial charge is 0.221 e. The van der Waals surface area contributed by atoms with Gasteiger partial charge in [-0.15, -0.1) is 12.4 Å². The van der Waals surface area contributed by atoms with Crippen molar-refractivity contribution < 1.29 is 4.79 Å². The summed E-state index contributed by atoms with van der Waals surface area (Å²) in [6.45, 7) is 1.14. The van der Waals surface area contributed by atoms with Gasteiger partial charge in [0.1, 0.15) is 0 Å². The molecule has 1 aliphatic rings. The molecule has 1 fully saturated rings. The van der Waals surface area contributed by atoms with Gasteiger partial charge in [-0.3, -0.25) is 4.79 Å². The van der Waals surface area contributed by atoms with E-state index in [-0.39, 0.29) is 23.7 Å². The van der Waals surface area contributed by atoms with E-state index in [0.29, 0.717) is 13.0 Å². The minimum Gasteiger partial charge on any atom is -0.355 e. The van der Waals surface area contributed by atoms with Crippen molar-refractivity contribution >= 4 is 34.2 Å². The highest BCUT2D eigenvalue weighted by atomic mass is 79.9. The maximum absolute atomic E-state index is 11.6. The minimum absolute atomic E-state index is 0. The third-order valence-electron chi connectivity index (χ3n) is 4.01. The van der Waals surface area contributed by atoms with Crippen LogP contribution in [0, 0.1) is 0 Å². The lowest BCUT2D eigenvalue weighted by molar-refractivity contribution is -0.121. The zero-order chi connectivity index (χ0) is 13.7. The molecule has 1 saturated carbocycles. The van der Waals surface area contributed by atoms with Crippen LogP contribution in [0.15, 0.2) is 28.7 Å². The molecule has 1 aliphatic carbocycles. The van der Waals surface area contributed by atoms with Gasteiger partial charge in [0.05, 0.1) is 0 Å². The number of carbonyl (C=O) groups is 1. The van der Waals surface area contributed by atoms with E-state index in [4.69, 9.17) is 5.73 Å². The fourth-order valence-corrected chi connectivity index (χ4v) is 3.17. The molecule has 0 atom stereocenters. The first-order chi connectivity index (χ1) is 9.16. The number of rotatable bonds is 5. The number of halogens is 2. The molecular formula is C15H22BrClN2O. The second kappa shape index (κ2) is 8.01. The Morgan fingerprint density at radius 1 is 1.25 bits per heavy atom. The quantitative estimate of drug-likeness (QED) is 0.846. The van der Waals surface area contributed by atoms with Crippen LogP contribution in [0.3, 0.4) is 0 Å². The molecule has 0 heterocycles. The fourth-order valence-electron chi connectivity index (χ4n) is 2.91. The Morgan fingerprint density at radius 3 is 2.40 bits per heavy atom. The number of nitrogens with two attached hydrogens (primary N) is 1. The van der Waals surface area contributed by atoms with Crippen molar-refractivity contribution in [2.75, 3.05) is 13.1 Å². The number of amides is 1. The van der Waals surface area contributed by atoms with Gasteiger partial charge in [-0.25, -0.2) is 0 Å². The highest BCUT2D eigenvalue weighted by Crippen LogP contribution is 2.40. The summed E-state index contributed by atoms with van der Waals surface area (Å²) in [7, 11) is 0. The Balaban J connectivity index is 0.00000200. The molecule has 0 aliphatic heterocycles. The third-order valence-corrected chi connectivity index (χ3v) is 4.54. The standard InChI is InChI=1S/C15H21BrN2O.ClH/c16-13-5-3-12(4-6-13)15(8-1-2-9-15)11-18-14(19)7-10-17;/h3-6H,1-2,7-11,17H2,(H,18,19);1H. The molecule has 20 heavy (non-hydrogen) atoms. The van der Waals surface area contributed by atoms with E-state index in [0.717, 1.165) is 23.9 Å². The van der Waals surface area contributed by atoms with Crippen molar-refractivity contribution in [3.05, 3.63) is 34.3 Å². The first kappa shape index (κ1) is 17.5. The predicted octanol–water partition coefficient (Wildman–Crippen LogP) is 3.15. The number of carbonyl (C=O) groups excluding carboxylic acids is 1. The molecule has 3 N–H and O–H groups in total. The van der Waals surface area contributed by atoms with Crippen molar-refractivity contribution in [3.8, 4) is 0 Å². The zero-order valence-corrected chi connectivity index (χ0v) is 13.9. The lowest BCUT2D eigenvalue weighted by atomic mass is 9.79. The SMILES string of the molecule is Cl.NCCC(=O)NCC1(c2ccc(Br)cc2)CCCC1. The Bertz CT molecular complexity index is 430. The van der Waals surface area contributed by atoms with Crippen LogP contribution in [-0.4, -0.2) is 19.0 Å². The Hall–Kier alpha value is -0.580. The van der Waals surface area contributed by atoms with E-state index < -0.39 is 0 Å². The van der Waals surface area contributed by atoms with E-state index in [1.807, 2.05) is 0 Å². The summed E-state index contributed by atoms with van der Waals surface area (Å²) in [5.74, 6) is 0.0610. The summed E-state index contributed by atoms with van der Waals surface area (Å²) in [5, 5.41) is 3.05. The van der Waals surface area contributed by atoms with Crippen LogP contribution in [0.1, 0.15) is 37.7 Å². The van der Waals surface area contributed by atoms with Gasteiger partial charge >= 0.3 is 0 Å². The van der Waals surface area contributed by atoms with Gasteiger partial charge in [0.25, 0.3) is 0 Å². The van der Waals surface area contributed by atoms with Crippen LogP contribution in [0.5, 0.6) is 0 Å². The van der Waals surface area contributed by atoms with Gasteiger partial charge in [-0.2, -0.15) is 0 Å². The monoisotopic (exact) mass is 360 g/mol. The minimum atomic E-state index is 0. The fraction of sp³-hybridized carbons (Fsp3) is 0.533. The molecule has 3 nitrogen and oxygen atoms in total. The molecule has 112 valence electrons. The maximum atomic E-state index is 11.6. The van der Waals surface area contributed by atoms with Crippen molar-refractivity contribution in [2.45, 2.75) is 37.5 Å². The predicted molar refractivity (Wildman–Crippen MR) is 88.2 cm³/mol. The molecule has 1 amide bonds. The van der Waals surface area contributed by atoms with Crippen molar-refractivity contribution in [3.63, 3.8) is 0 Å². The molecule has 0 unspecified atom stereocenters. The Morgan fingerprint density at radius 2 is 1.85 bits per heavy atom. The highest BCUT2D eigenvalue weighted by Gasteiger charge is 2.35. The number of nitrogens with one attached hydrogen (secondary N) is 1. The average molecular weight is 362 g/mol. The van der Waals surface area contributed by atoms with Crippen LogP contribution < -0.4 is 11.1 Å². The number of hydrogen-bond acceptors (Lipinski definition) is 2. The highest BCUT2D eigenvalue weighted by molar-refractivity contribution is 9.10. The Kier molecular flexibility index (Phi) is 7.00. The van der Waals surface area contributed by atoms with Crippen LogP contribution in [-0.2, 0) is 10.2 Å². The van der Waals surface area contributed by atoms with Gasteiger partial charge in [-0.1, -0.05) is 40.9 Å². The lowest BCUT2D eigenvalue weighted by Crippen LogP contribution is -2.39. The van der Waals surface area contributed by atoms with Gasteiger partial charge in [0.2, 0.25) is 5.91 Å². The molecular weight excluding hydrogens is 340 g/mol. The van der Waals surface area contributed by atoms with Gasteiger partial charge in [0, 0.05) is 29.4 Å². The molecule has 5 heteroatoms. The van der Waals surface area contributed by atoms with E-state index in [2.05, 4.69) is 45.5 Å². The third kappa shape index (κ3) is 4.21. The van der Waals surface area contributed by atoms with Crippen LogP contribution in [0.4, 0.5) is 0 Å². The molecule has 0 aromatic heterocycles. The first-order valence-corrected chi connectivity index (χ1v) is 7.68. The molecule has 2 rings (SSSR count). The van der Waals surface area contributed by atoms with Crippen molar-refractivity contribution in [1.82, 2.24) is 5.32 Å². The zero-order valence-electron chi connectivity index (χ0n) is 11.5. The lowest BCUT2D eigenvalue weighted by Gasteiger charge is -2.30. The van der Waals surface area contributed by atoms with Gasteiger partial charge < -0.3 is 11.1 Å². The average Bonchev–Trinajstić information content (AvgIpc) is 2.88. The van der Waals surface area contributed by atoms with Crippen LogP contribution in [0.25, 0.3) is 0 Å². The van der Waals surface area contributed by atoms with E-state index in [9.17, 15) is 4.79 Å². The summed E-state index contributed by atoms with van der Waals surface area (Å²) < 4.78 is 1.09. The first-order valence-electron chi connectivity index (χ1n) is 6.89. The molecule has 1 aromatic carbocycles. The van der Waals surface area contributed by atoms with Crippen molar-refractivity contribution in [1.29, 1.82) is 0 Å². The molecule has 0 spiro atoms. The summed E-state index contributed by atoms with van der Waals surface area (Å²) in [6, 6.07) is 8.50. The summed E-state index contributed by atoms with van der Waals surface area (Å²) in [5.41, 5.74) is 6.86. The van der Waals surface area contributed by atoms with E-state index in [1.54, 1.807) is 0 Å². The summed E-state index contributed by atoms with van der Waals surface area (Å²) in [6.07, 6.45) is 5.19. The van der Waals surface area contributed by atoms with E-state index in [1.165, 1.54) is 18.4 Å². The topological polar surface area (TPSA) is 55.1 Å². The molecule has 0 saturated heterocycles. The number of hydrogen-bond donors (Lipinski definition) is 2. The normalized spacial score (nSPS) is 16.5. The van der Waals surface area contributed by atoms with Crippen LogP contribution in [0.2, 0.25) is 0 Å². The van der Waals surface area contributed by atoms with E-state index >= 15 is 0 Å². The molecule has 1 aromatic rings. The van der Waals surface area contributed by atoms with Gasteiger partial charge in [-0.05, 0) is 30.5 Å². The maximum Gasteiger partial charge on any atom is 0.221 e. The van der Waals surface area contributed by atoms with Crippen molar-refractivity contribution in [2.24, 2.45) is 5.73 Å². The molecule has 0 radical (unpaired) electrons. The van der Waals surface area contributed by atoms with Crippen LogP contribution >= 0.6 is 28.3 Å². The Labute approximate surface area is 135 Å². The second-order valence-electron chi connectivity index (χ2n) is 5.31. The summed E-state index contributed by atoms with van der Waals surface area (Å²) in [4.78, 5) is 11.6. The summed E-state index contributed by atoms with van der Waals surface area (Å²) >= 11 is 3.47. The largest absolute Gasteiger partial charge is 0.355 e. The number of benzene rings is 1.